The number of nitrogens with one attached hydrogen (secondary N) is 1. The summed E-state index contributed by atoms with van der Waals surface area (Å²) in [5.74, 6) is -0.770. The van der Waals surface area contributed by atoms with Crippen molar-refractivity contribution < 1.29 is 18.0 Å². The predicted molar refractivity (Wildman–Crippen MR) is 96.0 cm³/mol. The number of piperidine rings is 1. The highest BCUT2D eigenvalue weighted by Crippen LogP contribution is 2.26. The van der Waals surface area contributed by atoms with Crippen LogP contribution in [0.4, 0.5) is 13.2 Å². The Hall–Kier alpha value is -1.67. The first-order valence-corrected chi connectivity index (χ1v) is 9.52. The van der Waals surface area contributed by atoms with Gasteiger partial charge in [0.15, 0.2) is 0 Å². The number of thiazole rings is 1. The highest BCUT2D eigenvalue weighted by molar-refractivity contribution is 7.18. The molecule has 8 heteroatoms. The average Bonchev–Trinajstić information content (AvgIpc) is 2.93. The molecule has 1 atom stereocenters. The van der Waals surface area contributed by atoms with Crippen molar-refractivity contribution in [3.05, 3.63) is 28.8 Å². The van der Waals surface area contributed by atoms with Crippen LogP contribution in [0, 0.1) is 12.8 Å². The van der Waals surface area contributed by atoms with Crippen molar-refractivity contribution >= 4 is 27.5 Å². The second kappa shape index (κ2) is 7.92. The molecule has 1 saturated heterocycles. The van der Waals surface area contributed by atoms with Gasteiger partial charge in [-0.25, -0.2) is 4.98 Å². The van der Waals surface area contributed by atoms with Crippen LogP contribution >= 0.6 is 11.3 Å². The molecule has 1 fully saturated rings. The predicted octanol–water partition coefficient (Wildman–Crippen LogP) is 3.89. The summed E-state index contributed by atoms with van der Waals surface area (Å²) < 4.78 is 37.8. The Morgan fingerprint density at radius 3 is 3.00 bits per heavy atom. The maximum absolute atomic E-state index is 12.2. The zero-order valence-corrected chi connectivity index (χ0v) is 15.4. The first-order valence-electron chi connectivity index (χ1n) is 8.70. The Bertz CT molecular complexity index is 775. The molecule has 3 rings (SSSR count). The lowest BCUT2D eigenvalue weighted by Crippen LogP contribution is -2.41. The number of rotatable bonds is 5. The molecule has 0 saturated carbocycles. The quantitative estimate of drug-likeness (QED) is 0.850. The van der Waals surface area contributed by atoms with Crippen LogP contribution < -0.4 is 5.32 Å². The summed E-state index contributed by atoms with van der Waals surface area (Å²) in [5.41, 5.74) is 2.19. The highest BCUT2D eigenvalue weighted by atomic mass is 32.1. The molecular formula is C18H22F3N3OS. The fraction of sp³-hybridized carbons (Fsp3) is 0.556. The standard InChI is InChI=1S/C18H22F3N3OS/c1-12-4-5-15-14(7-12)23-17(26-15)11-24-6-2-3-13(10-24)9-22-16(25)8-18(19,20)21/h4-5,7,13H,2-3,6,8-11H2,1H3,(H,22,25). The van der Waals surface area contributed by atoms with E-state index in [1.165, 1.54) is 10.3 Å². The summed E-state index contributed by atoms with van der Waals surface area (Å²) in [6, 6.07) is 6.23. The van der Waals surface area contributed by atoms with E-state index in [0.717, 1.165) is 43.0 Å². The van der Waals surface area contributed by atoms with Crippen LogP contribution in [-0.2, 0) is 11.3 Å². The molecule has 26 heavy (non-hydrogen) atoms. The molecule has 0 aliphatic carbocycles. The lowest BCUT2D eigenvalue weighted by atomic mass is 9.98. The number of aromatic nitrogens is 1. The van der Waals surface area contributed by atoms with E-state index < -0.39 is 18.5 Å². The van der Waals surface area contributed by atoms with Gasteiger partial charge < -0.3 is 5.32 Å². The van der Waals surface area contributed by atoms with Gasteiger partial charge in [0.1, 0.15) is 11.4 Å². The number of carbonyl (C=O) groups is 1. The summed E-state index contributed by atoms with van der Waals surface area (Å²) in [7, 11) is 0. The van der Waals surface area contributed by atoms with Crippen molar-refractivity contribution in [3.8, 4) is 0 Å². The SMILES string of the molecule is Cc1ccc2sc(CN3CCCC(CNC(=O)CC(F)(F)F)C3)nc2c1. The average molecular weight is 385 g/mol. The van der Waals surface area contributed by atoms with Crippen LogP contribution in [0.15, 0.2) is 18.2 Å². The lowest BCUT2D eigenvalue weighted by molar-refractivity contribution is -0.153. The third-order valence-corrected chi connectivity index (χ3v) is 5.52. The van der Waals surface area contributed by atoms with Gasteiger partial charge >= 0.3 is 6.18 Å². The van der Waals surface area contributed by atoms with Crippen molar-refractivity contribution in [2.24, 2.45) is 5.92 Å². The summed E-state index contributed by atoms with van der Waals surface area (Å²) in [6.07, 6.45) is -3.96. The van der Waals surface area contributed by atoms with E-state index in [4.69, 9.17) is 0 Å². The molecule has 1 amide bonds. The number of benzene rings is 1. The van der Waals surface area contributed by atoms with Crippen LogP contribution in [0.5, 0.6) is 0 Å². The molecule has 0 bridgehead atoms. The van der Waals surface area contributed by atoms with Crippen LogP contribution in [0.2, 0.25) is 0 Å². The van der Waals surface area contributed by atoms with Crippen LogP contribution in [0.1, 0.15) is 29.8 Å². The van der Waals surface area contributed by atoms with Crippen LogP contribution in [0.25, 0.3) is 10.2 Å². The molecule has 1 aromatic carbocycles. The first-order chi connectivity index (χ1) is 12.3. The maximum Gasteiger partial charge on any atom is 0.397 e. The van der Waals surface area contributed by atoms with Gasteiger partial charge in [-0.05, 0) is 49.9 Å². The molecule has 1 unspecified atom stereocenters. The Balaban J connectivity index is 1.52. The van der Waals surface area contributed by atoms with E-state index in [0.29, 0.717) is 6.54 Å². The molecule has 2 aromatic rings. The van der Waals surface area contributed by atoms with E-state index in [9.17, 15) is 18.0 Å². The monoisotopic (exact) mass is 385 g/mol. The smallest absolute Gasteiger partial charge is 0.355 e. The van der Waals surface area contributed by atoms with Crippen molar-refractivity contribution in [1.82, 2.24) is 15.2 Å². The van der Waals surface area contributed by atoms with Crippen molar-refractivity contribution in [3.63, 3.8) is 0 Å². The Morgan fingerprint density at radius 2 is 2.23 bits per heavy atom. The van der Waals surface area contributed by atoms with Crippen molar-refractivity contribution in [2.75, 3.05) is 19.6 Å². The topological polar surface area (TPSA) is 45.2 Å². The number of fused-ring (bicyclic) bond motifs is 1. The molecule has 4 nitrogen and oxygen atoms in total. The van der Waals surface area contributed by atoms with Gasteiger partial charge in [0.25, 0.3) is 0 Å². The van der Waals surface area contributed by atoms with E-state index >= 15 is 0 Å². The molecule has 1 aliphatic rings. The largest absolute Gasteiger partial charge is 0.397 e. The zero-order chi connectivity index (χ0) is 18.7. The van der Waals surface area contributed by atoms with Gasteiger partial charge in [0.05, 0.1) is 16.8 Å². The molecule has 1 aliphatic heterocycles. The second-order valence-electron chi connectivity index (χ2n) is 6.92. The van der Waals surface area contributed by atoms with Gasteiger partial charge in [0, 0.05) is 13.1 Å². The van der Waals surface area contributed by atoms with Gasteiger partial charge in [0.2, 0.25) is 5.91 Å². The third-order valence-electron chi connectivity index (χ3n) is 4.50. The number of aryl methyl sites for hydroxylation is 1. The van der Waals surface area contributed by atoms with Gasteiger partial charge in [-0.15, -0.1) is 11.3 Å². The number of halogens is 3. The number of amides is 1. The normalized spacial score (nSPS) is 19.0. The molecule has 2 heterocycles. The number of nitrogens with zero attached hydrogens (tertiary/aromatic N) is 2. The summed E-state index contributed by atoms with van der Waals surface area (Å²) >= 11 is 1.68. The van der Waals surface area contributed by atoms with E-state index in [1.807, 2.05) is 6.92 Å². The Kier molecular flexibility index (Phi) is 5.82. The Morgan fingerprint density at radius 1 is 1.42 bits per heavy atom. The molecule has 1 N–H and O–H groups in total. The van der Waals surface area contributed by atoms with Crippen molar-refractivity contribution in [2.45, 2.75) is 38.9 Å². The number of likely N-dealkylation sites (tertiary alicyclic amines) is 1. The summed E-state index contributed by atoms with van der Waals surface area (Å²) in [5, 5.41) is 3.47. The fourth-order valence-corrected chi connectivity index (χ4v) is 4.30. The van der Waals surface area contributed by atoms with Gasteiger partial charge in [-0.2, -0.15) is 13.2 Å². The minimum absolute atomic E-state index is 0.178. The summed E-state index contributed by atoms with van der Waals surface area (Å²) in [6.45, 7) is 4.79. The molecule has 142 valence electrons. The Labute approximate surface area is 154 Å². The van der Waals surface area contributed by atoms with Gasteiger partial charge in [-0.1, -0.05) is 6.07 Å². The number of alkyl halides is 3. The number of carbonyl (C=O) groups excluding carboxylic acids is 1. The second-order valence-corrected chi connectivity index (χ2v) is 8.03. The van der Waals surface area contributed by atoms with E-state index in [1.54, 1.807) is 11.3 Å². The molecule has 0 spiro atoms. The van der Waals surface area contributed by atoms with Crippen LogP contribution in [0.3, 0.4) is 0 Å². The maximum atomic E-state index is 12.2. The number of hydrogen-bond acceptors (Lipinski definition) is 4. The molecular weight excluding hydrogens is 363 g/mol. The minimum Gasteiger partial charge on any atom is -0.355 e. The minimum atomic E-state index is -4.45. The first kappa shape index (κ1) is 19.1. The third kappa shape index (κ3) is 5.41. The molecule has 1 aromatic heterocycles. The lowest BCUT2D eigenvalue weighted by Gasteiger charge is -2.32. The highest BCUT2D eigenvalue weighted by Gasteiger charge is 2.31. The number of hydrogen-bond donors (Lipinski definition) is 1. The van der Waals surface area contributed by atoms with E-state index in [2.05, 4.69) is 33.4 Å². The fourth-order valence-electron chi connectivity index (χ4n) is 3.31. The van der Waals surface area contributed by atoms with Crippen molar-refractivity contribution in [1.29, 1.82) is 0 Å². The van der Waals surface area contributed by atoms with Gasteiger partial charge in [-0.3, -0.25) is 9.69 Å². The molecule has 0 radical (unpaired) electrons. The van der Waals surface area contributed by atoms with Crippen LogP contribution in [-0.4, -0.2) is 41.6 Å². The summed E-state index contributed by atoms with van der Waals surface area (Å²) in [4.78, 5) is 18.3. The zero-order valence-electron chi connectivity index (χ0n) is 14.6. The van der Waals surface area contributed by atoms with E-state index in [-0.39, 0.29) is 5.92 Å².